The number of nitrogen functional groups attached to an aromatic ring is 1. The first-order valence-electron chi connectivity index (χ1n) is 5.19. The van der Waals surface area contributed by atoms with Crippen LogP contribution in [0.15, 0.2) is 34.2 Å². The van der Waals surface area contributed by atoms with E-state index in [0.29, 0.717) is 4.90 Å². The van der Waals surface area contributed by atoms with Crippen LogP contribution in [0.3, 0.4) is 0 Å². The second kappa shape index (κ2) is 5.19. The second-order valence-electron chi connectivity index (χ2n) is 3.63. The van der Waals surface area contributed by atoms with Crippen molar-refractivity contribution in [3.63, 3.8) is 0 Å². The highest BCUT2D eigenvalue weighted by molar-refractivity contribution is 7.99. The maximum absolute atomic E-state index is 12.8. The van der Waals surface area contributed by atoms with Crippen molar-refractivity contribution >= 4 is 23.4 Å². The summed E-state index contributed by atoms with van der Waals surface area (Å²) in [4.78, 5) is 18.7. The number of hydrogen-bond donors (Lipinski definition) is 1. The number of hydrogen-bond acceptors (Lipinski definition) is 6. The molecule has 0 saturated carbocycles. The maximum Gasteiger partial charge on any atom is 0.322 e. The smallest absolute Gasteiger partial charge is 0.322 e. The van der Waals surface area contributed by atoms with E-state index in [1.165, 1.54) is 31.2 Å². The highest BCUT2D eigenvalue weighted by Gasteiger charge is 2.22. The van der Waals surface area contributed by atoms with E-state index in [-0.39, 0.29) is 28.2 Å². The molecule has 2 aromatic rings. The Kier molecular flexibility index (Phi) is 3.61. The van der Waals surface area contributed by atoms with Crippen molar-refractivity contribution < 1.29 is 9.31 Å². The third-order valence-corrected chi connectivity index (χ3v) is 3.24. The Balaban J connectivity index is 2.44. The summed E-state index contributed by atoms with van der Waals surface area (Å²) in [5, 5.41) is 11.1. The van der Waals surface area contributed by atoms with E-state index >= 15 is 0 Å². The number of aromatic nitrogens is 2. The highest BCUT2D eigenvalue weighted by Crippen LogP contribution is 2.34. The minimum absolute atomic E-state index is 0.0345. The van der Waals surface area contributed by atoms with Crippen LogP contribution in [-0.2, 0) is 0 Å². The zero-order chi connectivity index (χ0) is 14.0. The Morgan fingerprint density at radius 2 is 1.95 bits per heavy atom. The number of rotatable bonds is 3. The molecule has 0 amide bonds. The summed E-state index contributed by atoms with van der Waals surface area (Å²) in [7, 11) is 0. The molecule has 0 bridgehead atoms. The summed E-state index contributed by atoms with van der Waals surface area (Å²) in [6, 6.07) is 5.56. The van der Waals surface area contributed by atoms with Gasteiger partial charge in [-0.1, -0.05) is 11.8 Å². The van der Waals surface area contributed by atoms with E-state index < -0.39 is 4.92 Å². The van der Waals surface area contributed by atoms with Gasteiger partial charge in [-0.2, -0.15) is 4.98 Å². The van der Waals surface area contributed by atoms with Crippen LogP contribution in [0, 0.1) is 22.9 Å². The molecule has 2 N–H and O–H groups in total. The number of anilines is 1. The van der Waals surface area contributed by atoms with Gasteiger partial charge in [0.1, 0.15) is 11.5 Å². The van der Waals surface area contributed by atoms with E-state index in [2.05, 4.69) is 9.97 Å². The van der Waals surface area contributed by atoms with Crippen LogP contribution in [-0.4, -0.2) is 14.9 Å². The first-order chi connectivity index (χ1) is 8.97. The lowest BCUT2D eigenvalue weighted by Crippen LogP contribution is -2.03. The standard InChI is InChI=1S/C11H9FN4O2S/c1-6-9(16(17)18)10(15-11(13)14-6)19-8-4-2-7(12)3-5-8/h2-5H,1H3,(H2,13,14,15). The number of aryl methyl sites for hydroxylation is 1. The fraction of sp³-hybridized carbons (Fsp3) is 0.0909. The molecule has 1 aromatic heterocycles. The van der Waals surface area contributed by atoms with Gasteiger partial charge in [-0.05, 0) is 31.2 Å². The fourth-order valence-electron chi connectivity index (χ4n) is 1.46. The van der Waals surface area contributed by atoms with E-state index in [4.69, 9.17) is 5.73 Å². The number of benzene rings is 1. The van der Waals surface area contributed by atoms with Gasteiger partial charge in [0, 0.05) is 4.90 Å². The van der Waals surface area contributed by atoms with E-state index in [1.54, 1.807) is 0 Å². The third kappa shape index (κ3) is 2.97. The second-order valence-corrected chi connectivity index (χ2v) is 4.70. The topological polar surface area (TPSA) is 94.9 Å². The Morgan fingerprint density at radius 1 is 1.32 bits per heavy atom. The van der Waals surface area contributed by atoms with E-state index in [0.717, 1.165) is 11.8 Å². The van der Waals surface area contributed by atoms with Crippen LogP contribution in [0.1, 0.15) is 5.69 Å². The average molecular weight is 280 g/mol. The SMILES string of the molecule is Cc1nc(N)nc(Sc2ccc(F)cc2)c1[N+](=O)[O-]. The molecule has 0 aliphatic heterocycles. The summed E-state index contributed by atoms with van der Waals surface area (Å²) < 4.78 is 12.8. The molecule has 19 heavy (non-hydrogen) atoms. The minimum Gasteiger partial charge on any atom is -0.368 e. The molecular formula is C11H9FN4O2S. The molecule has 0 saturated heterocycles. The van der Waals surface area contributed by atoms with Crippen molar-refractivity contribution in [1.29, 1.82) is 0 Å². The minimum atomic E-state index is -0.555. The lowest BCUT2D eigenvalue weighted by atomic mass is 10.3. The first kappa shape index (κ1) is 13.2. The van der Waals surface area contributed by atoms with Gasteiger partial charge in [0.15, 0.2) is 5.03 Å². The molecule has 2 rings (SSSR count). The molecule has 0 unspecified atom stereocenters. The number of nitrogens with zero attached hydrogens (tertiary/aromatic N) is 3. The van der Waals surface area contributed by atoms with Crippen molar-refractivity contribution in [2.45, 2.75) is 16.8 Å². The number of nitrogens with two attached hydrogens (primary N) is 1. The molecular weight excluding hydrogens is 271 g/mol. The fourth-order valence-corrected chi connectivity index (χ4v) is 2.41. The Morgan fingerprint density at radius 3 is 2.53 bits per heavy atom. The molecule has 0 spiro atoms. The monoisotopic (exact) mass is 280 g/mol. The van der Waals surface area contributed by atoms with Crippen LogP contribution in [0.5, 0.6) is 0 Å². The summed E-state index contributed by atoms with van der Waals surface area (Å²) in [6.45, 7) is 1.49. The van der Waals surface area contributed by atoms with Crippen LogP contribution in [0.4, 0.5) is 16.0 Å². The lowest BCUT2D eigenvalue weighted by Gasteiger charge is -2.05. The predicted octanol–water partition coefficient (Wildman–Crippen LogP) is 2.57. The van der Waals surface area contributed by atoms with Crippen molar-refractivity contribution in [3.05, 3.63) is 45.9 Å². The molecule has 0 aliphatic rings. The lowest BCUT2D eigenvalue weighted by molar-refractivity contribution is -0.389. The highest BCUT2D eigenvalue weighted by atomic mass is 32.2. The molecule has 0 aliphatic carbocycles. The zero-order valence-corrected chi connectivity index (χ0v) is 10.6. The average Bonchev–Trinajstić information content (AvgIpc) is 2.30. The van der Waals surface area contributed by atoms with Gasteiger partial charge >= 0.3 is 5.69 Å². The number of nitro groups is 1. The van der Waals surface area contributed by atoms with Gasteiger partial charge in [-0.3, -0.25) is 10.1 Å². The van der Waals surface area contributed by atoms with Gasteiger partial charge in [0.2, 0.25) is 5.95 Å². The van der Waals surface area contributed by atoms with Crippen molar-refractivity contribution in [1.82, 2.24) is 9.97 Å². The largest absolute Gasteiger partial charge is 0.368 e. The van der Waals surface area contributed by atoms with Crippen LogP contribution in [0.25, 0.3) is 0 Å². The zero-order valence-electron chi connectivity index (χ0n) is 9.83. The Hall–Kier alpha value is -2.22. The van der Waals surface area contributed by atoms with Gasteiger partial charge in [-0.15, -0.1) is 0 Å². The molecule has 8 heteroatoms. The third-order valence-electron chi connectivity index (χ3n) is 2.25. The Bertz CT molecular complexity index is 633. The quantitative estimate of drug-likeness (QED) is 0.527. The molecule has 98 valence electrons. The molecule has 1 heterocycles. The Labute approximate surface area is 112 Å². The van der Waals surface area contributed by atoms with Gasteiger partial charge < -0.3 is 5.73 Å². The van der Waals surface area contributed by atoms with Gasteiger partial charge in [-0.25, -0.2) is 9.37 Å². The van der Waals surface area contributed by atoms with Crippen molar-refractivity contribution in [2.24, 2.45) is 0 Å². The van der Waals surface area contributed by atoms with Crippen LogP contribution >= 0.6 is 11.8 Å². The van der Waals surface area contributed by atoms with Gasteiger partial charge in [0.25, 0.3) is 0 Å². The summed E-state index contributed by atoms with van der Waals surface area (Å²) >= 11 is 1.04. The molecule has 0 atom stereocenters. The van der Waals surface area contributed by atoms with E-state index in [9.17, 15) is 14.5 Å². The summed E-state index contributed by atoms with van der Waals surface area (Å²) in [5.74, 6) is -0.412. The molecule has 6 nitrogen and oxygen atoms in total. The predicted molar refractivity (Wildman–Crippen MR) is 68.4 cm³/mol. The number of halogens is 1. The van der Waals surface area contributed by atoms with E-state index in [1.807, 2.05) is 0 Å². The van der Waals surface area contributed by atoms with Crippen molar-refractivity contribution in [3.8, 4) is 0 Å². The maximum atomic E-state index is 12.8. The van der Waals surface area contributed by atoms with Crippen LogP contribution in [0.2, 0.25) is 0 Å². The summed E-state index contributed by atoms with van der Waals surface area (Å²) in [5.41, 5.74) is 5.49. The summed E-state index contributed by atoms with van der Waals surface area (Å²) in [6.07, 6.45) is 0. The molecule has 0 fully saturated rings. The van der Waals surface area contributed by atoms with Crippen LogP contribution < -0.4 is 5.73 Å². The molecule has 1 aromatic carbocycles. The first-order valence-corrected chi connectivity index (χ1v) is 6.01. The normalized spacial score (nSPS) is 10.4. The van der Waals surface area contributed by atoms with Crippen molar-refractivity contribution in [2.75, 3.05) is 5.73 Å². The molecule has 0 radical (unpaired) electrons. The van der Waals surface area contributed by atoms with Gasteiger partial charge in [0.05, 0.1) is 4.92 Å².